The second-order valence-corrected chi connectivity index (χ2v) is 5.80. The molecule has 122 valence electrons. The largest absolute Gasteiger partial charge is 0.497 e. The van der Waals surface area contributed by atoms with Crippen molar-refractivity contribution in [2.75, 3.05) is 19.5 Å². The number of aryl methyl sites for hydroxylation is 1. The third kappa shape index (κ3) is 4.13. The van der Waals surface area contributed by atoms with Gasteiger partial charge in [0.05, 0.1) is 19.9 Å². The maximum absolute atomic E-state index is 12.2. The summed E-state index contributed by atoms with van der Waals surface area (Å²) >= 11 is 3.32. The number of ether oxygens (including phenoxy) is 2. The highest BCUT2D eigenvalue weighted by atomic mass is 79.9. The zero-order valence-corrected chi connectivity index (χ0v) is 14.6. The monoisotopic (exact) mass is 380 g/mol. The van der Waals surface area contributed by atoms with Gasteiger partial charge in [-0.05, 0) is 41.1 Å². The molecule has 2 aromatic rings. The van der Waals surface area contributed by atoms with Gasteiger partial charge >= 0.3 is 0 Å². The van der Waals surface area contributed by atoms with E-state index in [0.717, 1.165) is 4.47 Å². The molecule has 0 atom stereocenters. The fourth-order valence-corrected chi connectivity index (χ4v) is 2.69. The van der Waals surface area contributed by atoms with Crippen molar-refractivity contribution < 1.29 is 14.3 Å². The van der Waals surface area contributed by atoms with Crippen LogP contribution in [0.15, 0.2) is 39.7 Å². The van der Waals surface area contributed by atoms with Crippen LogP contribution in [-0.2, 0) is 11.3 Å². The first-order valence-electron chi connectivity index (χ1n) is 6.83. The summed E-state index contributed by atoms with van der Waals surface area (Å²) in [5.41, 5.74) is 0.873. The number of hydrogen-bond donors (Lipinski definition) is 1. The van der Waals surface area contributed by atoms with Crippen molar-refractivity contribution >= 4 is 27.5 Å². The molecule has 0 aliphatic carbocycles. The molecule has 1 aromatic heterocycles. The third-order valence-corrected chi connectivity index (χ3v) is 3.66. The quantitative estimate of drug-likeness (QED) is 0.865. The number of anilines is 1. The number of carbonyl (C=O) groups is 1. The Morgan fingerprint density at radius 3 is 2.65 bits per heavy atom. The van der Waals surface area contributed by atoms with Crippen molar-refractivity contribution in [3.05, 3.63) is 50.9 Å². The van der Waals surface area contributed by atoms with E-state index >= 15 is 0 Å². The Bertz CT molecular complexity index is 786. The number of methoxy groups -OCH3 is 2. The fraction of sp³-hybridized carbons (Fsp3) is 0.250. The van der Waals surface area contributed by atoms with Gasteiger partial charge in [-0.15, -0.1) is 0 Å². The molecule has 0 aliphatic rings. The Labute approximate surface area is 142 Å². The van der Waals surface area contributed by atoms with E-state index in [2.05, 4.69) is 21.2 Å². The third-order valence-electron chi connectivity index (χ3n) is 3.23. The molecule has 1 aromatic carbocycles. The summed E-state index contributed by atoms with van der Waals surface area (Å²) in [7, 11) is 3.06. The number of nitrogens with one attached hydrogen (secondary N) is 1. The Morgan fingerprint density at radius 1 is 1.26 bits per heavy atom. The molecule has 1 amide bonds. The number of hydrogen-bond acceptors (Lipinski definition) is 4. The minimum atomic E-state index is -0.326. The second-order valence-electron chi connectivity index (χ2n) is 4.89. The Hall–Kier alpha value is -2.28. The van der Waals surface area contributed by atoms with Crippen LogP contribution in [0.1, 0.15) is 5.56 Å². The second kappa shape index (κ2) is 7.32. The number of amides is 1. The van der Waals surface area contributed by atoms with Gasteiger partial charge in [-0.1, -0.05) is 0 Å². The van der Waals surface area contributed by atoms with E-state index in [9.17, 15) is 9.59 Å². The van der Waals surface area contributed by atoms with Gasteiger partial charge in [0.15, 0.2) is 0 Å². The molecule has 0 spiro atoms. The van der Waals surface area contributed by atoms with Crippen LogP contribution in [0.4, 0.5) is 5.69 Å². The number of pyridine rings is 1. The fourth-order valence-electron chi connectivity index (χ4n) is 2.10. The molecule has 1 N–H and O–H groups in total. The van der Waals surface area contributed by atoms with Crippen LogP contribution < -0.4 is 20.3 Å². The molecule has 0 fully saturated rings. The molecule has 2 rings (SSSR count). The lowest BCUT2D eigenvalue weighted by Gasteiger charge is -2.12. The van der Waals surface area contributed by atoms with E-state index in [1.807, 2.05) is 0 Å². The maximum Gasteiger partial charge on any atom is 0.253 e. The van der Waals surface area contributed by atoms with Crippen LogP contribution in [-0.4, -0.2) is 24.7 Å². The van der Waals surface area contributed by atoms with Crippen molar-refractivity contribution in [2.45, 2.75) is 13.5 Å². The van der Waals surface area contributed by atoms with E-state index < -0.39 is 0 Å². The van der Waals surface area contributed by atoms with E-state index in [1.165, 1.54) is 11.7 Å². The Balaban J connectivity index is 2.19. The van der Waals surface area contributed by atoms with Crippen molar-refractivity contribution in [1.82, 2.24) is 4.57 Å². The standard InChI is InChI=1S/C16H17BrN2O4/c1-10-6-11(17)8-19(16(10)21)9-15(20)18-13-5-4-12(22-2)7-14(13)23-3/h4-8H,9H2,1-3H3,(H,18,20). The Morgan fingerprint density at radius 2 is 2.00 bits per heavy atom. The highest BCUT2D eigenvalue weighted by molar-refractivity contribution is 9.10. The van der Waals surface area contributed by atoms with Crippen LogP contribution in [0.5, 0.6) is 11.5 Å². The summed E-state index contributed by atoms with van der Waals surface area (Å²) in [4.78, 5) is 24.2. The van der Waals surface area contributed by atoms with Gasteiger partial charge in [0.2, 0.25) is 5.91 Å². The average Bonchev–Trinajstić information content (AvgIpc) is 2.52. The van der Waals surface area contributed by atoms with E-state index in [4.69, 9.17) is 9.47 Å². The van der Waals surface area contributed by atoms with E-state index in [0.29, 0.717) is 22.7 Å². The Kier molecular flexibility index (Phi) is 5.44. The molecule has 0 unspecified atom stereocenters. The van der Waals surface area contributed by atoms with Gasteiger partial charge in [0.25, 0.3) is 5.56 Å². The number of carbonyl (C=O) groups excluding carboxylic acids is 1. The minimum absolute atomic E-state index is 0.0890. The molecule has 0 saturated carbocycles. The molecule has 0 saturated heterocycles. The van der Waals surface area contributed by atoms with Crippen molar-refractivity contribution in [2.24, 2.45) is 0 Å². The predicted molar refractivity (Wildman–Crippen MR) is 91.3 cm³/mol. The van der Waals surface area contributed by atoms with E-state index in [1.54, 1.807) is 44.5 Å². The molecular weight excluding hydrogens is 364 g/mol. The normalized spacial score (nSPS) is 10.3. The van der Waals surface area contributed by atoms with Crippen LogP contribution in [0, 0.1) is 6.92 Å². The highest BCUT2D eigenvalue weighted by Crippen LogP contribution is 2.28. The van der Waals surface area contributed by atoms with Crippen LogP contribution in [0.2, 0.25) is 0 Å². The predicted octanol–water partition coefficient (Wildman–Crippen LogP) is 2.58. The maximum atomic E-state index is 12.2. The van der Waals surface area contributed by atoms with Gasteiger partial charge in [-0.3, -0.25) is 9.59 Å². The molecular formula is C16H17BrN2O4. The average molecular weight is 381 g/mol. The smallest absolute Gasteiger partial charge is 0.253 e. The lowest BCUT2D eigenvalue weighted by Crippen LogP contribution is -2.28. The molecule has 1 heterocycles. The number of nitrogens with zero attached hydrogens (tertiary/aromatic N) is 1. The molecule has 0 bridgehead atoms. The molecule has 23 heavy (non-hydrogen) atoms. The molecule has 6 nitrogen and oxygen atoms in total. The highest BCUT2D eigenvalue weighted by Gasteiger charge is 2.11. The van der Waals surface area contributed by atoms with Crippen molar-refractivity contribution in [3.63, 3.8) is 0 Å². The lowest BCUT2D eigenvalue weighted by atomic mass is 10.2. The molecule has 0 aliphatic heterocycles. The van der Waals surface area contributed by atoms with Crippen molar-refractivity contribution in [3.8, 4) is 11.5 Å². The first kappa shape index (κ1) is 17.1. The number of benzene rings is 1. The van der Waals surface area contributed by atoms with Crippen LogP contribution in [0.25, 0.3) is 0 Å². The number of halogens is 1. The lowest BCUT2D eigenvalue weighted by molar-refractivity contribution is -0.116. The zero-order chi connectivity index (χ0) is 17.0. The van der Waals surface area contributed by atoms with Gasteiger partial charge in [-0.25, -0.2) is 0 Å². The molecule has 7 heteroatoms. The van der Waals surface area contributed by atoms with Crippen LogP contribution in [0.3, 0.4) is 0 Å². The topological polar surface area (TPSA) is 69.6 Å². The van der Waals surface area contributed by atoms with E-state index in [-0.39, 0.29) is 18.0 Å². The summed E-state index contributed by atoms with van der Waals surface area (Å²) in [6.07, 6.45) is 1.58. The summed E-state index contributed by atoms with van der Waals surface area (Å²) in [6, 6.07) is 6.78. The SMILES string of the molecule is COc1ccc(NC(=O)Cn2cc(Br)cc(C)c2=O)c(OC)c1. The van der Waals surface area contributed by atoms with Gasteiger partial charge < -0.3 is 19.4 Å². The summed E-state index contributed by atoms with van der Waals surface area (Å²) < 4.78 is 12.4. The molecule has 0 radical (unpaired) electrons. The summed E-state index contributed by atoms with van der Waals surface area (Å²) in [5, 5.41) is 2.73. The summed E-state index contributed by atoms with van der Waals surface area (Å²) in [5.74, 6) is 0.780. The first-order valence-corrected chi connectivity index (χ1v) is 7.62. The van der Waals surface area contributed by atoms with Gasteiger partial charge in [-0.2, -0.15) is 0 Å². The van der Waals surface area contributed by atoms with Gasteiger partial charge in [0.1, 0.15) is 18.0 Å². The number of aromatic nitrogens is 1. The minimum Gasteiger partial charge on any atom is -0.497 e. The summed E-state index contributed by atoms with van der Waals surface area (Å²) in [6.45, 7) is 1.61. The first-order chi connectivity index (χ1) is 10.9. The van der Waals surface area contributed by atoms with Crippen LogP contribution >= 0.6 is 15.9 Å². The van der Waals surface area contributed by atoms with Gasteiger partial charge in [0, 0.05) is 22.3 Å². The number of rotatable bonds is 5. The van der Waals surface area contributed by atoms with Crippen molar-refractivity contribution in [1.29, 1.82) is 0 Å². The zero-order valence-electron chi connectivity index (χ0n) is 13.1.